The summed E-state index contributed by atoms with van der Waals surface area (Å²) >= 11 is 0. The summed E-state index contributed by atoms with van der Waals surface area (Å²) in [6, 6.07) is 6.47. The third-order valence-electron chi connectivity index (χ3n) is 4.27. The van der Waals surface area contributed by atoms with Crippen LogP contribution in [0.15, 0.2) is 36.7 Å². The number of aromatic nitrogens is 2. The molecular formula is C19H23FN4O. The highest BCUT2D eigenvalue weighted by atomic mass is 19.1. The van der Waals surface area contributed by atoms with Crippen molar-refractivity contribution < 1.29 is 9.18 Å². The normalized spacial score (nSPS) is 14.6. The van der Waals surface area contributed by atoms with E-state index in [9.17, 15) is 9.18 Å². The van der Waals surface area contributed by atoms with Crippen molar-refractivity contribution >= 4 is 11.7 Å². The number of carbonyl (C=O) groups is 1. The van der Waals surface area contributed by atoms with E-state index in [1.54, 1.807) is 18.3 Å². The zero-order valence-corrected chi connectivity index (χ0v) is 14.6. The number of halogens is 1. The Balaban J connectivity index is 1.69. The average molecular weight is 342 g/mol. The van der Waals surface area contributed by atoms with Crippen LogP contribution in [0.3, 0.4) is 0 Å². The van der Waals surface area contributed by atoms with E-state index in [2.05, 4.69) is 15.3 Å². The Labute approximate surface area is 147 Å². The molecule has 132 valence electrons. The van der Waals surface area contributed by atoms with E-state index < -0.39 is 0 Å². The Bertz CT molecular complexity index is 739. The number of hydrogen-bond donors (Lipinski definition) is 1. The third kappa shape index (κ3) is 4.53. The summed E-state index contributed by atoms with van der Waals surface area (Å²) in [5, 5.41) is 3.33. The highest BCUT2D eigenvalue weighted by molar-refractivity contribution is 5.92. The van der Waals surface area contributed by atoms with Gasteiger partial charge in [0.05, 0.1) is 12.4 Å². The van der Waals surface area contributed by atoms with Crippen LogP contribution in [-0.2, 0) is 6.42 Å². The van der Waals surface area contributed by atoms with Crippen molar-refractivity contribution in [1.29, 1.82) is 0 Å². The predicted molar refractivity (Wildman–Crippen MR) is 95.0 cm³/mol. The summed E-state index contributed by atoms with van der Waals surface area (Å²) in [5.74, 6) is 0.260. The Morgan fingerprint density at radius 1 is 1.20 bits per heavy atom. The second-order valence-corrected chi connectivity index (χ2v) is 7.10. The smallest absolute Gasteiger partial charge is 0.274 e. The number of carbonyl (C=O) groups excluding carboxylic acids is 1. The second kappa shape index (κ2) is 7.17. The highest BCUT2D eigenvalue weighted by Gasteiger charge is 2.23. The lowest BCUT2D eigenvalue weighted by atomic mass is 9.95. The maximum Gasteiger partial charge on any atom is 0.274 e. The summed E-state index contributed by atoms with van der Waals surface area (Å²) in [6.07, 6.45) is 5.91. The SMILES string of the molecule is CC(C)(Cc1ccc(F)cc1)Nc1cncc(C(=O)N2CCCC2)n1. The fourth-order valence-corrected chi connectivity index (χ4v) is 3.11. The molecule has 1 aliphatic rings. The Hall–Kier alpha value is -2.50. The summed E-state index contributed by atoms with van der Waals surface area (Å²) < 4.78 is 13.0. The zero-order chi connectivity index (χ0) is 17.9. The number of hydrogen-bond acceptors (Lipinski definition) is 4. The van der Waals surface area contributed by atoms with Crippen molar-refractivity contribution in [2.24, 2.45) is 0 Å². The molecule has 1 saturated heterocycles. The summed E-state index contributed by atoms with van der Waals surface area (Å²) in [6.45, 7) is 5.64. The van der Waals surface area contributed by atoms with Gasteiger partial charge in [0.15, 0.2) is 0 Å². The lowest BCUT2D eigenvalue weighted by Crippen LogP contribution is -2.34. The van der Waals surface area contributed by atoms with Gasteiger partial charge in [-0.2, -0.15) is 0 Å². The van der Waals surface area contributed by atoms with E-state index in [0.29, 0.717) is 17.9 Å². The minimum Gasteiger partial charge on any atom is -0.364 e. The fraction of sp³-hybridized carbons (Fsp3) is 0.421. The van der Waals surface area contributed by atoms with Crippen LogP contribution in [-0.4, -0.2) is 39.4 Å². The molecule has 5 nitrogen and oxygen atoms in total. The topological polar surface area (TPSA) is 58.1 Å². The molecule has 0 aliphatic carbocycles. The zero-order valence-electron chi connectivity index (χ0n) is 14.6. The van der Waals surface area contributed by atoms with E-state index in [-0.39, 0.29) is 17.3 Å². The molecule has 0 spiro atoms. The van der Waals surface area contributed by atoms with Crippen molar-refractivity contribution in [3.8, 4) is 0 Å². The van der Waals surface area contributed by atoms with Gasteiger partial charge in [0.25, 0.3) is 5.91 Å². The number of rotatable bonds is 5. The van der Waals surface area contributed by atoms with Gasteiger partial charge in [-0.25, -0.2) is 9.37 Å². The Morgan fingerprint density at radius 2 is 1.88 bits per heavy atom. The molecule has 2 heterocycles. The summed E-state index contributed by atoms with van der Waals surface area (Å²) in [7, 11) is 0. The van der Waals surface area contributed by atoms with Crippen LogP contribution in [0.2, 0.25) is 0 Å². The molecule has 1 aromatic heterocycles. The molecule has 1 fully saturated rings. The molecule has 3 rings (SSSR count). The molecule has 2 aromatic rings. The highest BCUT2D eigenvalue weighted by Crippen LogP contribution is 2.19. The number of nitrogens with zero attached hydrogens (tertiary/aromatic N) is 3. The van der Waals surface area contributed by atoms with Crippen molar-refractivity contribution in [2.45, 2.75) is 38.6 Å². The van der Waals surface area contributed by atoms with Gasteiger partial charge in [0, 0.05) is 18.6 Å². The van der Waals surface area contributed by atoms with Crippen molar-refractivity contribution in [3.63, 3.8) is 0 Å². The van der Waals surface area contributed by atoms with Crippen LogP contribution in [0.1, 0.15) is 42.7 Å². The van der Waals surface area contributed by atoms with Crippen LogP contribution in [0.4, 0.5) is 10.2 Å². The van der Waals surface area contributed by atoms with E-state index in [1.165, 1.54) is 18.3 Å². The van der Waals surface area contributed by atoms with E-state index >= 15 is 0 Å². The molecule has 0 bridgehead atoms. The van der Waals surface area contributed by atoms with Crippen LogP contribution in [0.25, 0.3) is 0 Å². The van der Waals surface area contributed by atoms with Gasteiger partial charge in [-0.1, -0.05) is 12.1 Å². The van der Waals surface area contributed by atoms with Crippen LogP contribution < -0.4 is 5.32 Å². The average Bonchev–Trinajstić information content (AvgIpc) is 3.10. The van der Waals surface area contributed by atoms with Crippen molar-refractivity contribution in [3.05, 3.63) is 53.7 Å². The van der Waals surface area contributed by atoms with Gasteiger partial charge in [0.2, 0.25) is 0 Å². The maximum atomic E-state index is 13.0. The van der Waals surface area contributed by atoms with Crippen LogP contribution in [0.5, 0.6) is 0 Å². The van der Waals surface area contributed by atoms with Gasteiger partial charge >= 0.3 is 0 Å². The number of amides is 1. The van der Waals surface area contributed by atoms with E-state index in [4.69, 9.17) is 0 Å². The monoisotopic (exact) mass is 342 g/mol. The standard InChI is InChI=1S/C19H23FN4O/c1-19(2,11-14-5-7-15(20)8-6-14)23-17-13-21-12-16(22-17)18(25)24-9-3-4-10-24/h5-8,12-13H,3-4,9-11H2,1-2H3,(H,22,23). The van der Waals surface area contributed by atoms with Crippen molar-refractivity contribution in [2.75, 3.05) is 18.4 Å². The first kappa shape index (κ1) is 17.3. The molecule has 1 aromatic carbocycles. The van der Waals surface area contributed by atoms with E-state index in [1.807, 2.05) is 18.7 Å². The van der Waals surface area contributed by atoms with Gasteiger partial charge in [-0.15, -0.1) is 0 Å². The molecule has 0 radical (unpaired) electrons. The lowest BCUT2D eigenvalue weighted by molar-refractivity contribution is 0.0786. The van der Waals surface area contributed by atoms with Crippen molar-refractivity contribution in [1.82, 2.24) is 14.9 Å². The maximum absolute atomic E-state index is 13.0. The minimum absolute atomic E-state index is 0.0648. The van der Waals surface area contributed by atoms with Gasteiger partial charge in [0.1, 0.15) is 17.3 Å². The predicted octanol–water partition coefficient (Wildman–Crippen LogP) is 3.28. The lowest BCUT2D eigenvalue weighted by Gasteiger charge is -2.27. The fourth-order valence-electron chi connectivity index (χ4n) is 3.11. The first-order chi connectivity index (χ1) is 11.9. The molecule has 1 N–H and O–H groups in total. The molecule has 25 heavy (non-hydrogen) atoms. The molecule has 6 heteroatoms. The second-order valence-electron chi connectivity index (χ2n) is 7.10. The molecule has 0 saturated carbocycles. The van der Waals surface area contributed by atoms with Gasteiger partial charge in [-0.3, -0.25) is 9.78 Å². The number of likely N-dealkylation sites (tertiary alicyclic amines) is 1. The Morgan fingerprint density at radius 3 is 2.56 bits per heavy atom. The van der Waals surface area contributed by atoms with Crippen LogP contribution >= 0.6 is 0 Å². The van der Waals surface area contributed by atoms with Gasteiger partial charge in [-0.05, 0) is 50.8 Å². The molecule has 1 amide bonds. The number of anilines is 1. The Kier molecular flexibility index (Phi) is 4.97. The minimum atomic E-state index is -0.318. The van der Waals surface area contributed by atoms with Crippen LogP contribution in [0, 0.1) is 5.82 Å². The third-order valence-corrected chi connectivity index (χ3v) is 4.27. The molecule has 0 unspecified atom stereocenters. The number of nitrogens with one attached hydrogen (secondary N) is 1. The molecule has 1 aliphatic heterocycles. The first-order valence-corrected chi connectivity index (χ1v) is 8.57. The number of benzene rings is 1. The van der Waals surface area contributed by atoms with E-state index in [0.717, 1.165) is 31.5 Å². The quantitative estimate of drug-likeness (QED) is 0.906. The van der Waals surface area contributed by atoms with Gasteiger partial charge < -0.3 is 10.2 Å². The first-order valence-electron chi connectivity index (χ1n) is 8.57. The summed E-state index contributed by atoms with van der Waals surface area (Å²) in [4.78, 5) is 22.9. The summed E-state index contributed by atoms with van der Waals surface area (Å²) in [5.41, 5.74) is 1.07. The molecule has 0 atom stereocenters. The largest absolute Gasteiger partial charge is 0.364 e. The molecular weight excluding hydrogens is 319 g/mol.